The van der Waals surface area contributed by atoms with Gasteiger partial charge in [0.1, 0.15) is 11.5 Å². The lowest BCUT2D eigenvalue weighted by Gasteiger charge is -2.16. The lowest BCUT2D eigenvalue weighted by atomic mass is 10.2. The molecule has 1 heterocycles. The summed E-state index contributed by atoms with van der Waals surface area (Å²) in [7, 11) is 0. The van der Waals surface area contributed by atoms with Crippen molar-refractivity contribution in [3.63, 3.8) is 0 Å². The molecule has 0 amide bonds. The first-order valence-corrected chi connectivity index (χ1v) is 5.14. The number of rotatable bonds is 2. The Labute approximate surface area is 92.4 Å². The maximum atomic E-state index is 9.52. The van der Waals surface area contributed by atoms with Crippen LogP contribution in [0, 0.1) is 0 Å². The Balaban J connectivity index is 2.12. The van der Waals surface area contributed by atoms with Gasteiger partial charge in [0.2, 0.25) is 0 Å². The predicted octanol–water partition coefficient (Wildman–Crippen LogP) is 1.86. The zero-order chi connectivity index (χ0) is 10.8. The van der Waals surface area contributed by atoms with Gasteiger partial charge in [0.05, 0.1) is 18.3 Å². The van der Waals surface area contributed by atoms with Crippen LogP contribution >= 0.6 is 11.6 Å². The second kappa shape index (κ2) is 4.16. The summed E-state index contributed by atoms with van der Waals surface area (Å²) in [4.78, 5) is 0. The molecule has 1 aromatic rings. The summed E-state index contributed by atoms with van der Waals surface area (Å²) >= 11 is 5.89. The van der Waals surface area contributed by atoms with Crippen LogP contribution in [0.15, 0.2) is 18.2 Å². The quantitative estimate of drug-likeness (QED) is 0.412. The number of anilines is 1. The highest BCUT2D eigenvalue weighted by atomic mass is 35.5. The number of hydrogen-bond donors (Lipinski definition) is 3. The molecule has 2 rings (SSSR count). The van der Waals surface area contributed by atoms with E-state index in [4.69, 9.17) is 16.3 Å². The van der Waals surface area contributed by atoms with E-state index < -0.39 is 5.56 Å². The Morgan fingerprint density at radius 2 is 2.20 bits per heavy atom. The van der Waals surface area contributed by atoms with E-state index in [1.165, 1.54) is 18.2 Å². The van der Waals surface area contributed by atoms with Crippen LogP contribution in [0.4, 0.5) is 5.69 Å². The van der Waals surface area contributed by atoms with E-state index in [9.17, 15) is 10.2 Å². The summed E-state index contributed by atoms with van der Waals surface area (Å²) in [5.41, 5.74) is 0.0721. The van der Waals surface area contributed by atoms with E-state index in [2.05, 4.69) is 5.32 Å². The van der Waals surface area contributed by atoms with E-state index in [0.29, 0.717) is 12.3 Å². The lowest BCUT2D eigenvalue weighted by molar-refractivity contribution is 0.165. The molecular weight excluding hydrogens is 218 g/mol. The molecule has 0 spiro atoms. The standard InChI is InChI=1S/C10H12ClNO3/c11-10-7(3-4-15-10)12-8-5-6(13)1-2-9(8)14/h1-2,5,7,10,12-14H,3-4H2. The van der Waals surface area contributed by atoms with E-state index in [-0.39, 0.29) is 17.5 Å². The number of nitrogens with one attached hydrogen (secondary N) is 1. The molecule has 0 bridgehead atoms. The number of aromatic hydroxyl groups is 2. The van der Waals surface area contributed by atoms with E-state index in [0.717, 1.165) is 6.42 Å². The van der Waals surface area contributed by atoms with Gasteiger partial charge in [-0.2, -0.15) is 0 Å². The SMILES string of the molecule is Oc1ccc(O)c(NC2CCOC2Cl)c1. The van der Waals surface area contributed by atoms with Gasteiger partial charge in [0.15, 0.2) is 5.56 Å². The van der Waals surface area contributed by atoms with E-state index >= 15 is 0 Å². The molecule has 2 atom stereocenters. The molecule has 2 unspecified atom stereocenters. The minimum atomic E-state index is -0.397. The zero-order valence-corrected chi connectivity index (χ0v) is 8.74. The number of hydrogen-bond acceptors (Lipinski definition) is 4. The van der Waals surface area contributed by atoms with E-state index in [1.807, 2.05) is 0 Å². The van der Waals surface area contributed by atoms with Gasteiger partial charge in [-0.15, -0.1) is 0 Å². The molecule has 0 radical (unpaired) electrons. The Kier molecular flexibility index (Phi) is 2.88. The average molecular weight is 230 g/mol. The normalized spacial score (nSPS) is 25.4. The van der Waals surface area contributed by atoms with Crippen LogP contribution in [0.2, 0.25) is 0 Å². The van der Waals surface area contributed by atoms with Crippen molar-refractivity contribution in [2.24, 2.45) is 0 Å². The Bertz CT molecular complexity index is 359. The average Bonchev–Trinajstić information content (AvgIpc) is 2.58. The van der Waals surface area contributed by atoms with Crippen molar-refractivity contribution < 1.29 is 14.9 Å². The third-order valence-electron chi connectivity index (χ3n) is 2.34. The zero-order valence-electron chi connectivity index (χ0n) is 7.98. The Morgan fingerprint density at radius 1 is 1.40 bits per heavy atom. The van der Waals surface area contributed by atoms with Gasteiger partial charge in [0.25, 0.3) is 0 Å². The van der Waals surface area contributed by atoms with Gasteiger partial charge < -0.3 is 20.3 Å². The monoisotopic (exact) mass is 229 g/mol. The van der Waals surface area contributed by atoms with Crippen LogP contribution < -0.4 is 5.32 Å². The summed E-state index contributed by atoms with van der Waals surface area (Å²) in [5.74, 6) is 0.184. The molecule has 1 saturated heterocycles. The molecule has 1 aromatic carbocycles. The topological polar surface area (TPSA) is 61.7 Å². The first-order valence-electron chi connectivity index (χ1n) is 4.71. The van der Waals surface area contributed by atoms with Gasteiger partial charge in [-0.25, -0.2) is 0 Å². The summed E-state index contributed by atoms with van der Waals surface area (Å²) in [6.07, 6.45) is 0.781. The van der Waals surface area contributed by atoms with Gasteiger partial charge in [-0.1, -0.05) is 11.6 Å². The molecule has 1 aliphatic rings. The highest BCUT2D eigenvalue weighted by Crippen LogP contribution is 2.30. The molecule has 5 heteroatoms. The highest BCUT2D eigenvalue weighted by Gasteiger charge is 2.26. The summed E-state index contributed by atoms with van der Waals surface area (Å²) in [6, 6.07) is 4.26. The summed E-state index contributed by atoms with van der Waals surface area (Å²) < 4.78 is 5.17. The fourth-order valence-corrected chi connectivity index (χ4v) is 1.81. The molecule has 0 aliphatic carbocycles. The summed E-state index contributed by atoms with van der Waals surface area (Å²) in [6.45, 7) is 0.603. The van der Waals surface area contributed by atoms with Crippen LogP contribution in [0.5, 0.6) is 11.5 Å². The third-order valence-corrected chi connectivity index (χ3v) is 2.77. The maximum Gasteiger partial charge on any atom is 0.151 e. The molecule has 4 nitrogen and oxygen atoms in total. The largest absolute Gasteiger partial charge is 0.508 e. The van der Waals surface area contributed by atoms with Gasteiger partial charge in [-0.3, -0.25) is 0 Å². The van der Waals surface area contributed by atoms with Crippen LogP contribution in [-0.2, 0) is 4.74 Å². The number of ether oxygens (including phenoxy) is 1. The molecule has 82 valence electrons. The van der Waals surface area contributed by atoms with Crippen molar-refractivity contribution in [2.75, 3.05) is 11.9 Å². The number of benzene rings is 1. The minimum absolute atomic E-state index is 0.0423. The third kappa shape index (κ3) is 2.27. The second-order valence-corrected chi connectivity index (χ2v) is 3.89. The molecule has 1 aliphatic heterocycles. The first kappa shape index (κ1) is 10.4. The molecule has 15 heavy (non-hydrogen) atoms. The molecule has 3 N–H and O–H groups in total. The smallest absolute Gasteiger partial charge is 0.151 e. The van der Waals surface area contributed by atoms with Crippen LogP contribution in [0.3, 0.4) is 0 Å². The fraction of sp³-hybridized carbons (Fsp3) is 0.400. The Morgan fingerprint density at radius 3 is 2.87 bits per heavy atom. The van der Waals surface area contributed by atoms with Crippen molar-refractivity contribution in [1.29, 1.82) is 0 Å². The number of phenols is 2. The van der Waals surface area contributed by atoms with Crippen molar-refractivity contribution in [1.82, 2.24) is 0 Å². The van der Waals surface area contributed by atoms with Crippen LogP contribution in [0.1, 0.15) is 6.42 Å². The van der Waals surface area contributed by atoms with Crippen molar-refractivity contribution >= 4 is 17.3 Å². The van der Waals surface area contributed by atoms with Crippen molar-refractivity contribution in [3.05, 3.63) is 18.2 Å². The number of halogens is 1. The van der Waals surface area contributed by atoms with E-state index in [1.54, 1.807) is 0 Å². The van der Waals surface area contributed by atoms with Crippen LogP contribution in [0.25, 0.3) is 0 Å². The predicted molar refractivity (Wildman–Crippen MR) is 57.4 cm³/mol. The minimum Gasteiger partial charge on any atom is -0.508 e. The molecule has 1 fully saturated rings. The first-order chi connectivity index (χ1) is 7.16. The van der Waals surface area contributed by atoms with Crippen molar-refractivity contribution in [3.8, 4) is 11.5 Å². The maximum absolute atomic E-state index is 9.52. The highest BCUT2D eigenvalue weighted by molar-refractivity contribution is 6.20. The van der Waals surface area contributed by atoms with Gasteiger partial charge >= 0.3 is 0 Å². The number of phenolic OH excluding ortho intramolecular Hbond substituents is 2. The van der Waals surface area contributed by atoms with Crippen molar-refractivity contribution in [2.45, 2.75) is 18.0 Å². The molecular formula is C10H12ClNO3. The van der Waals surface area contributed by atoms with Gasteiger partial charge in [0, 0.05) is 6.07 Å². The summed E-state index contributed by atoms with van der Waals surface area (Å²) in [5, 5.41) is 21.8. The molecule has 0 aromatic heterocycles. The van der Waals surface area contributed by atoms with Gasteiger partial charge in [-0.05, 0) is 18.6 Å². The molecule has 0 saturated carbocycles. The Hall–Kier alpha value is -1.13. The van der Waals surface area contributed by atoms with Crippen LogP contribution in [-0.4, -0.2) is 28.4 Å². The lowest BCUT2D eigenvalue weighted by Crippen LogP contribution is -2.24. The fourth-order valence-electron chi connectivity index (χ4n) is 1.53. The second-order valence-electron chi connectivity index (χ2n) is 3.46. The number of alkyl halides is 1.